The predicted molar refractivity (Wildman–Crippen MR) is 93.5 cm³/mol. The van der Waals surface area contributed by atoms with Crippen LogP contribution in [0, 0.1) is 0 Å². The van der Waals surface area contributed by atoms with Gasteiger partial charge in [-0.25, -0.2) is 4.79 Å². The van der Waals surface area contributed by atoms with Gasteiger partial charge in [-0.3, -0.25) is 19.3 Å². The molecule has 1 aromatic rings. The van der Waals surface area contributed by atoms with Crippen LogP contribution in [0.2, 0.25) is 0 Å². The van der Waals surface area contributed by atoms with Gasteiger partial charge in [0.2, 0.25) is 5.91 Å². The average molecular weight is 359 g/mol. The van der Waals surface area contributed by atoms with Gasteiger partial charge in [-0.2, -0.15) is 0 Å². The number of amides is 5. The van der Waals surface area contributed by atoms with Gasteiger partial charge in [0.25, 0.3) is 11.8 Å². The van der Waals surface area contributed by atoms with E-state index < -0.39 is 30.4 Å². The maximum Gasteiger partial charge on any atom is 0.328 e. The molecule has 2 heterocycles. The lowest BCUT2D eigenvalue weighted by Gasteiger charge is -2.35. The van der Waals surface area contributed by atoms with Crippen LogP contribution in [-0.2, 0) is 9.59 Å². The highest BCUT2D eigenvalue weighted by molar-refractivity contribution is 6.07. The maximum atomic E-state index is 12.7. The minimum atomic E-state index is -0.763. The first kappa shape index (κ1) is 17.7. The lowest BCUT2D eigenvalue weighted by atomic mass is 10.1. The highest BCUT2D eigenvalue weighted by Crippen LogP contribution is 2.23. The Bertz CT molecular complexity index is 761. The maximum absolute atomic E-state index is 12.7. The van der Waals surface area contributed by atoms with Crippen LogP contribution in [0.3, 0.4) is 0 Å². The summed E-state index contributed by atoms with van der Waals surface area (Å²) in [5.41, 5.74) is 6.60. The van der Waals surface area contributed by atoms with Crippen LogP contribution in [-0.4, -0.2) is 84.8 Å². The van der Waals surface area contributed by atoms with E-state index in [-0.39, 0.29) is 19.0 Å². The Labute approximate surface area is 150 Å². The zero-order valence-electron chi connectivity index (χ0n) is 14.7. The SMILES string of the molecule is CN(C)c1ccc(C(=O)N2CCN3C(=O)N(CC(N)=O)C(=O)C3C2)cc1. The number of hydrogen-bond acceptors (Lipinski definition) is 5. The fourth-order valence-corrected chi connectivity index (χ4v) is 3.22. The van der Waals surface area contributed by atoms with Gasteiger partial charge in [0, 0.05) is 38.4 Å². The molecule has 26 heavy (non-hydrogen) atoms. The molecule has 2 aliphatic heterocycles. The quantitative estimate of drug-likeness (QED) is 0.717. The van der Waals surface area contributed by atoms with Gasteiger partial charge < -0.3 is 20.4 Å². The summed E-state index contributed by atoms with van der Waals surface area (Å²) in [6.45, 7) is 0.235. The van der Waals surface area contributed by atoms with E-state index in [1.165, 1.54) is 4.90 Å². The van der Waals surface area contributed by atoms with E-state index in [9.17, 15) is 19.2 Å². The Balaban J connectivity index is 1.73. The zero-order chi connectivity index (χ0) is 19.0. The van der Waals surface area contributed by atoms with Crippen LogP contribution in [0.25, 0.3) is 0 Å². The number of rotatable bonds is 4. The van der Waals surface area contributed by atoms with Crippen LogP contribution in [0.15, 0.2) is 24.3 Å². The number of urea groups is 1. The largest absolute Gasteiger partial charge is 0.378 e. The molecule has 1 aromatic carbocycles. The fraction of sp³-hybridized carbons (Fsp3) is 0.412. The third-order valence-corrected chi connectivity index (χ3v) is 4.64. The summed E-state index contributed by atoms with van der Waals surface area (Å²) in [7, 11) is 3.83. The molecule has 0 radical (unpaired) electrons. The summed E-state index contributed by atoms with van der Waals surface area (Å²) >= 11 is 0. The smallest absolute Gasteiger partial charge is 0.328 e. The number of benzene rings is 1. The van der Waals surface area contributed by atoms with E-state index in [0.717, 1.165) is 10.6 Å². The van der Waals surface area contributed by atoms with Crippen LogP contribution in [0.4, 0.5) is 10.5 Å². The Kier molecular flexibility index (Phi) is 4.54. The van der Waals surface area contributed by atoms with Crippen molar-refractivity contribution < 1.29 is 19.2 Å². The first-order valence-electron chi connectivity index (χ1n) is 8.26. The Hall–Kier alpha value is -3.10. The summed E-state index contributed by atoms with van der Waals surface area (Å²) in [5.74, 6) is -1.43. The van der Waals surface area contributed by atoms with Crippen molar-refractivity contribution in [1.82, 2.24) is 14.7 Å². The monoisotopic (exact) mass is 359 g/mol. The molecule has 0 aliphatic carbocycles. The molecule has 2 aliphatic rings. The number of carbonyl (C=O) groups is 4. The molecule has 0 spiro atoms. The number of hydrogen-bond donors (Lipinski definition) is 1. The van der Waals surface area contributed by atoms with Crippen molar-refractivity contribution in [3.05, 3.63) is 29.8 Å². The molecule has 0 aromatic heterocycles. The van der Waals surface area contributed by atoms with Gasteiger partial charge in [0.05, 0.1) is 6.54 Å². The van der Waals surface area contributed by atoms with Gasteiger partial charge in [0.1, 0.15) is 12.6 Å². The molecule has 3 rings (SSSR count). The molecule has 1 unspecified atom stereocenters. The number of nitrogens with two attached hydrogens (primary N) is 1. The van der Waals surface area contributed by atoms with Crippen molar-refractivity contribution in [2.75, 3.05) is 45.2 Å². The van der Waals surface area contributed by atoms with Crippen LogP contribution in [0.1, 0.15) is 10.4 Å². The summed E-state index contributed by atoms with van der Waals surface area (Å²) in [4.78, 5) is 54.2. The number of primary amides is 1. The van der Waals surface area contributed by atoms with Gasteiger partial charge in [-0.15, -0.1) is 0 Å². The second-order valence-corrected chi connectivity index (χ2v) is 6.57. The first-order valence-corrected chi connectivity index (χ1v) is 8.26. The molecule has 1 atom stereocenters. The summed E-state index contributed by atoms with van der Waals surface area (Å²) in [5, 5.41) is 0. The Morgan fingerprint density at radius 2 is 1.81 bits per heavy atom. The number of fused-ring (bicyclic) bond motifs is 1. The molecule has 9 nitrogen and oxygen atoms in total. The number of nitrogens with zero attached hydrogens (tertiary/aromatic N) is 4. The first-order chi connectivity index (χ1) is 12.3. The van der Waals surface area contributed by atoms with Gasteiger partial charge in [-0.05, 0) is 24.3 Å². The number of imide groups is 1. The molecule has 2 fully saturated rings. The van der Waals surface area contributed by atoms with Gasteiger partial charge >= 0.3 is 6.03 Å². The lowest BCUT2D eigenvalue weighted by molar-refractivity contribution is -0.132. The average Bonchev–Trinajstić information content (AvgIpc) is 2.85. The zero-order valence-corrected chi connectivity index (χ0v) is 14.7. The normalized spacial score (nSPS) is 19.6. The molecular formula is C17H21N5O4. The van der Waals surface area contributed by atoms with E-state index in [4.69, 9.17) is 5.73 Å². The lowest BCUT2D eigenvalue weighted by Crippen LogP contribution is -2.54. The number of piperazine rings is 1. The van der Waals surface area contributed by atoms with Crippen molar-refractivity contribution in [1.29, 1.82) is 0 Å². The molecule has 0 bridgehead atoms. The van der Waals surface area contributed by atoms with Gasteiger partial charge in [0.15, 0.2) is 0 Å². The number of carbonyl (C=O) groups excluding carboxylic acids is 4. The summed E-state index contributed by atoms with van der Waals surface area (Å²) < 4.78 is 0. The van der Waals surface area contributed by atoms with Crippen molar-refractivity contribution in [3.63, 3.8) is 0 Å². The molecule has 2 saturated heterocycles. The van der Waals surface area contributed by atoms with Crippen LogP contribution in [0.5, 0.6) is 0 Å². The molecule has 2 N–H and O–H groups in total. The molecule has 0 saturated carbocycles. The van der Waals surface area contributed by atoms with E-state index in [1.54, 1.807) is 17.0 Å². The molecular weight excluding hydrogens is 338 g/mol. The van der Waals surface area contributed by atoms with E-state index in [0.29, 0.717) is 12.1 Å². The minimum Gasteiger partial charge on any atom is -0.378 e. The third kappa shape index (κ3) is 3.07. The summed E-state index contributed by atoms with van der Waals surface area (Å²) in [6.07, 6.45) is 0. The molecule has 138 valence electrons. The van der Waals surface area contributed by atoms with E-state index >= 15 is 0 Å². The standard InChI is InChI=1S/C17H21N5O4/c1-19(2)12-5-3-11(4-6-12)15(24)20-7-8-21-13(9-20)16(25)22(17(21)26)10-14(18)23/h3-6,13H,7-10H2,1-2H3,(H2,18,23). The molecule has 9 heteroatoms. The van der Waals surface area contributed by atoms with Crippen molar-refractivity contribution in [2.45, 2.75) is 6.04 Å². The van der Waals surface area contributed by atoms with Crippen molar-refractivity contribution >= 4 is 29.4 Å². The highest BCUT2D eigenvalue weighted by Gasteiger charge is 2.48. The van der Waals surface area contributed by atoms with Crippen LogP contribution < -0.4 is 10.6 Å². The third-order valence-electron chi connectivity index (χ3n) is 4.64. The second-order valence-electron chi connectivity index (χ2n) is 6.57. The highest BCUT2D eigenvalue weighted by atomic mass is 16.2. The Morgan fingerprint density at radius 3 is 2.38 bits per heavy atom. The number of anilines is 1. The molecule has 5 amide bonds. The van der Waals surface area contributed by atoms with E-state index in [2.05, 4.69) is 0 Å². The Morgan fingerprint density at radius 1 is 1.15 bits per heavy atom. The topological polar surface area (TPSA) is 107 Å². The summed E-state index contributed by atoms with van der Waals surface area (Å²) in [6, 6.07) is 5.89. The fourth-order valence-electron chi connectivity index (χ4n) is 3.22. The van der Waals surface area contributed by atoms with Crippen molar-refractivity contribution in [3.8, 4) is 0 Å². The van der Waals surface area contributed by atoms with Crippen LogP contribution >= 0.6 is 0 Å². The second kappa shape index (κ2) is 6.66. The predicted octanol–water partition coefficient (Wildman–Crippen LogP) is -0.673. The van der Waals surface area contributed by atoms with Gasteiger partial charge in [-0.1, -0.05) is 0 Å². The minimum absolute atomic E-state index is 0.105. The van der Waals surface area contributed by atoms with E-state index in [1.807, 2.05) is 31.1 Å². The van der Waals surface area contributed by atoms with Crippen molar-refractivity contribution in [2.24, 2.45) is 5.73 Å².